The standard InChI is InChI=1S/C30H27BO3/c1-29(2)30(3,4)34-31(33-29)28-26(24-17-11-10-15-22(24)20-12-6-5-7-13-20)25-19-18-21-14-8-9-16-23(21)27(25)32-28/h5-19H,1-4H3. The van der Waals surface area contributed by atoms with Crippen LogP contribution in [-0.4, -0.2) is 18.3 Å². The third kappa shape index (κ3) is 3.21. The lowest BCUT2D eigenvalue weighted by Crippen LogP contribution is -2.41. The van der Waals surface area contributed by atoms with Crippen LogP contribution in [-0.2, 0) is 9.31 Å². The molecule has 168 valence electrons. The monoisotopic (exact) mass is 446 g/mol. The van der Waals surface area contributed by atoms with Gasteiger partial charge in [-0.3, -0.25) is 0 Å². The Morgan fingerprint density at radius 1 is 0.588 bits per heavy atom. The number of hydrogen-bond donors (Lipinski definition) is 0. The quantitative estimate of drug-likeness (QED) is 0.274. The molecule has 2 heterocycles. The van der Waals surface area contributed by atoms with Gasteiger partial charge in [0.2, 0.25) is 0 Å². The largest absolute Gasteiger partial charge is 0.533 e. The molecule has 34 heavy (non-hydrogen) atoms. The first-order chi connectivity index (χ1) is 16.4. The number of benzene rings is 4. The van der Waals surface area contributed by atoms with Gasteiger partial charge in [0, 0.05) is 16.3 Å². The molecule has 1 aliphatic rings. The fourth-order valence-corrected chi connectivity index (χ4v) is 4.81. The van der Waals surface area contributed by atoms with Crippen LogP contribution in [0.3, 0.4) is 0 Å². The fraction of sp³-hybridized carbons (Fsp3) is 0.200. The summed E-state index contributed by atoms with van der Waals surface area (Å²) < 4.78 is 19.6. The van der Waals surface area contributed by atoms with Gasteiger partial charge in [0.15, 0.2) is 0 Å². The second kappa shape index (κ2) is 7.59. The SMILES string of the molecule is CC1(C)OB(c2oc3c(ccc4ccccc43)c2-c2ccccc2-c2ccccc2)OC1(C)C. The Balaban J connectivity index is 1.66. The van der Waals surface area contributed by atoms with Gasteiger partial charge in [0.1, 0.15) is 11.2 Å². The summed E-state index contributed by atoms with van der Waals surface area (Å²) in [5.41, 5.74) is 5.09. The maximum absolute atomic E-state index is 6.68. The molecule has 4 aromatic carbocycles. The lowest BCUT2D eigenvalue weighted by Gasteiger charge is -2.32. The second-order valence-corrected chi connectivity index (χ2v) is 10.0. The van der Waals surface area contributed by atoms with Gasteiger partial charge in [0.25, 0.3) is 0 Å². The summed E-state index contributed by atoms with van der Waals surface area (Å²) in [6.45, 7) is 8.29. The highest BCUT2D eigenvalue weighted by molar-refractivity contribution is 6.63. The third-order valence-electron chi connectivity index (χ3n) is 7.36. The fourth-order valence-electron chi connectivity index (χ4n) is 4.81. The molecule has 4 heteroatoms. The second-order valence-electron chi connectivity index (χ2n) is 10.0. The van der Waals surface area contributed by atoms with E-state index in [1.54, 1.807) is 0 Å². The van der Waals surface area contributed by atoms with Crippen molar-refractivity contribution in [2.24, 2.45) is 0 Å². The highest BCUT2D eigenvalue weighted by Crippen LogP contribution is 2.42. The van der Waals surface area contributed by atoms with E-state index in [4.69, 9.17) is 13.7 Å². The maximum atomic E-state index is 6.68. The number of rotatable bonds is 3. The van der Waals surface area contributed by atoms with Crippen LogP contribution in [0.15, 0.2) is 95.4 Å². The van der Waals surface area contributed by atoms with E-state index < -0.39 is 18.3 Å². The smallest absolute Gasteiger partial charge is 0.463 e. The molecule has 0 unspecified atom stereocenters. The highest BCUT2D eigenvalue weighted by atomic mass is 16.7. The topological polar surface area (TPSA) is 31.6 Å². The molecule has 5 aromatic rings. The molecule has 0 N–H and O–H groups in total. The Labute approximate surface area is 200 Å². The predicted molar refractivity (Wildman–Crippen MR) is 140 cm³/mol. The Morgan fingerprint density at radius 3 is 1.94 bits per heavy atom. The first-order valence-electron chi connectivity index (χ1n) is 11.8. The highest BCUT2D eigenvalue weighted by Gasteiger charge is 2.54. The third-order valence-corrected chi connectivity index (χ3v) is 7.36. The Kier molecular flexibility index (Phi) is 4.74. The minimum Gasteiger partial charge on any atom is -0.463 e. The van der Waals surface area contributed by atoms with Crippen molar-refractivity contribution in [2.75, 3.05) is 0 Å². The molecule has 0 bridgehead atoms. The molecule has 1 aromatic heterocycles. The van der Waals surface area contributed by atoms with Crippen molar-refractivity contribution in [1.82, 2.24) is 0 Å². The van der Waals surface area contributed by atoms with Crippen molar-refractivity contribution in [3.63, 3.8) is 0 Å². The summed E-state index contributed by atoms with van der Waals surface area (Å²) in [5, 5.41) is 3.29. The van der Waals surface area contributed by atoms with Crippen LogP contribution in [0.25, 0.3) is 44.0 Å². The zero-order chi connectivity index (χ0) is 23.5. The number of fused-ring (bicyclic) bond motifs is 3. The Bertz CT molecular complexity index is 1500. The molecule has 6 rings (SSSR count). The number of hydrogen-bond acceptors (Lipinski definition) is 3. The molecule has 1 fully saturated rings. The van der Waals surface area contributed by atoms with Crippen molar-refractivity contribution in [3.8, 4) is 22.3 Å². The Morgan fingerprint density at radius 2 is 1.21 bits per heavy atom. The molecule has 0 amide bonds. The van der Waals surface area contributed by atoms with Crippen LogP contribution >= 0.6 is 0 Å². The van der Waals surface area contributed by atoms with Crippen molar-refractivity contribution in [3.05, 3.63) is 91.0 Å². The van der Waals surface area contributed by atoms with Gasteiger partial charge >= 0.3 is 7.12 Å². The van der Waals surface area contributed by atoms with E-state index in [0.717, 1.165) is 44.0 Å². The summed E-state index contributed by atoms with van der Waals surface area (Å²) in [7, 11) is -0.602. The average molecular weight is 446 g/mol. The van der Waals surface area contributed by atoms with Gasteiger partial charge in [-0.25, -0.2) is 0 Å². The molecule has 0 atom stereocenters. The van der Waals surface area contributed by atoms with Crippen molar-refractivity contribution in [2.45, 2.75) is 38.9 Å². The summed E-state index contributed by atoms with van der Waals surface area (Å²) in [4.78, 5) is 0. The van der Waals surface area contributed by atoms with Crippen LogP contribution in [0.1, 0.15) is 27.7 Å². The van der Waals surface area contributed by atoms with E-state index in [1.165, 1.54) is 0 Å². The van der Waals surface area contributed by atoms with Gasteiger partial charge in [-0.1, -0.05) is 84.9 Å². The van der Waals surface area contributed by atoms with Gasteiger partial charge in [-0.05, 0) is 55.8 Å². The maximum Gasteiger partial charge on any atom is 0.533 e. The lowest BCUT2D eigenvalue weighted by molar-refractivity contribution is 0.00578. The van der Waals surface area contributed by atoms with E-state index in [1.807, 2.05) is 6.07 Å². The molecule has 0 spiro atoms. The van der Waals surface area contributed by atoms with Crippen LogP contribution in [0.2, 0.25) is 0 Å². The molecular formula is C30H27BO3. The molecule has 0 saturated carbocycles. The minimum absolute atomic E-state index is 0.463. The van der Waals surface area contributed by atoms with Crippen LogP contribution in [0.5, 0.6) is 0 Å². The predicted octanol–water partition coefficient (Wildman–Crippen LogP) is 7.22. The first-order valence-corrected chi connectivity index (χ1v) is 11.8. The van der Waals surface area contributed by atoms with Crippen LogP contribution in [0, 0.1) is 0 Å². The summed E-state index contributed by atoms with van der Waals surface area (Å²) in [6, 6.07) is 31.6. The van der Waals surface area contributed by atoms with Gasteiger partial charge in [-0.2, -0.15) is 0 Å². The average Bonchev–Trinajstić information content (AvgIpc) is 3.33. The molecule has 0 aliphatic carbocycles. The summed E-state index contributed by atoms with van der Waals surface area (Å²) in [5.74, 6) is 0. The molecule has 3 nitrogen and oxygen atoms in total. The van der Waals surface area contributed by atoms with Crippen LogP contribution in [0.4, 0.5) is 0 Å². The van der Waals surface area contributed by atoms with Crippen LogP contribution < -0.4 is 5.66 Å². The molecule has 1 aliphatic heterocycles. The summed E-state index contributed by atoms with van der Waals surface area (Å²) >= 11 is 0. The molecule has 1 saturated heterocycles. The van der Waals surface area contributed by atoms with Gasteiger partial charge in [-0.15, -0.1) is 0 Å². The minimum atomic E-state index is -0.602. The van der Waals surface area contributed by atoms with Gasteiger partial charge in [0.05, 0.1) is 11.2 Å². The Hall–Kier alpha value is -3.34. The van der Waals surface area contributed by atoms with E-state index in [2.05, 4.69) is 113 Å². The zero-order valence-corrected chi connectivity index (χ0v) is 20.0. The van der Waals surface area contributed by atoms with Crippen molar-refractivity contribution < 1.29 is 13.7 Å². The lowest BCUT2D eigenvalue weighted by atomic mass is 9.79. The van der Waals surface area contributed by atoms with E-state index in [-0.39, 0.29) is 0 Å². The summed E-state index contributed by atoms with van der Waals surface area (Å²) in [6.07, 6.45) is 0. The van der Waals surface area contributed by atoms with Gasteiger partial charge < -0.3 is 13.7 Å². The first kappa shape index (κ1) is 21.2. The number of furan rings is 1. The normalized spacial score (nSPS) is 17.0. The van der Waals surface area contributed by atoms with E-state index >= 15 is 0 Å². The van der Waals surface area contributed by atoms with E-state index in [0.29, 0.717) is 5.66 Å². The molecule has 0 radical (unpaired) electrons. The zero-order valence-electron chi connectivity index (χ0n) is 20.0. The van der Waals surface area contributed by atoms with E-state index in [9.17, 15) is 0 Å². The van der Waals surface area contributed by atoms with Crippen molar-refractivity contribution >= 4 is 34.5 Å². The van der Waals surface area contributed by atoms with Crippen molar-refractivity contribution in [1.29, 1.82) is 0 Å². The molecular weight excluding hydrogens is 419 g/mol.